The van der Waals surface area contributed by atoms with Crippen molar-refractivity contribution in [2.24, 2.45) is 5.92 Å². The summed E-state index contributed by atoms with van der Waals surface area (Å²) in [6, 6.07) is 11.7. The van der Waals surface area contributed by atoms with Gasteiger partial charge in [-0.1, -0.05) is 140 Å². The number of aromatic amines is 1. The van der Waals surface area contributed by atoms with Crippen molar-refractivity contribution in [2.75, 3.05) is 0 Å². The summed E-state index contributed by atoms with van der Waals surface area (Å²) in [6.07, 6.45) is 31.7. The highest BCUT2D eigenvalue weighted by Crippen LogP contribution is 2.27. The number of nitrogens with zero attached hydrogens (tertiary/aromatic N) is 1. The molecule has 2 nitrogen and oxygen atoms in total. The van der Waals surface area contributed by atoms with Crippen molar-refractivity contribution in [3.63, 3.8) is 0 Å². The fourth-order valence-corrected chi connectivity index (χ4v) is 5.42. The first-order valence-electron chi connectivity index (χ1n) is 14.4. The second-order valence-electron chi connectivity index (χ2n) is 10.2. The molecule has 2 heteroatoms. The van der Waals surface area contributed by atoms with Gasteiger partial charge in [-0.3, -0.25) is 4.98 Å². The lowest BCUT2D eigenvalue weighted by Gasteiger charge is -2.24. The van der Waals surface area contributed by atoms with E-state index in [2.05, 4.69) is 72.5 Å². The Labute approximate surface area is 205 Å². The van der Waals surface area contributed by atoms with E-state index in [4.69, 9.17) is 0 Å². The predicted molar refractivity (Wildman–Crippen MR) is 143 cm³/mol. The van der Waals surface area contributed by atoms with E-state index in [1.165, 1.54) is 121 Å². The lowest BCUT2D eigenvalue weighted by molar-refractivity contribution is -0.729. The molecule has 2 rings (SSSR count). The average molecular weight is 454 g/mol. The minimum atomic E-state index is 0.586. The largest absolute Gasteiger partial charge is 0.250 e. The summed E-state index contributed by atoms with van der Waals surface area (Å²) in [7, 11) is 0. The maximum atomic E-state index is 3.25. The maximum absolute atomic E-state index is 3.25. The van der Waals surface area contributed by atoms with Crippen molar-refractivity contribution in [1.29, 1.82) is 0 Å². The molecule has 0 amide bonds. The van der Waals surface area contributed by atoms with Crippen LogP contribution in [0.4, 0.5) is 0 Å². The second kappa shape index (κ2) is 18.8. The second-order valence-corrected chi connectivity index (χ2v) is 10.2. The summed E-state index contributed by atoms with van der Waals surface area (Å²) in [5.41, 5.74) is 1.48. The summed E-state index contributed by atoms with van der Waals surface area (Å²) in [4.78, 5) is 3.25. The molecule has 0 aliphatic heterocycles. The number of rotatable bonds is 21. The summed E-state index contributed by atoms with van der Waals surface area (Å²) < 4.78 is 2.40. The van der Waals surface area contributed by atoms with Crippen LogP contribution >= 0.6 is 0 Å². The molecule has 0 bridgehead atoms. The molecular formula is C31H53N2+. The van der Waals surface area contributed by atoms with Crippen LogP contribution in [0.25, 0.3) is 0 Å². The van der Waals surface area contributed by atoms with Crippen LogP contribution in [0.5, 0.6) is 0 Å². The van der Waals surface area contributed by atoms with Gasteiger partial charge in [-0.2, -0.15) is 0 Å². The molecule has 0 radical (unpaired) electrons. The number of unbranched alkanes of at least 4 members (excludes halogenated alkanes) is 14. The highest BCUT2D eigenvalue weighted by molar-refractivity contribution is 5.15. The number of hydrogen-bond acceptors (Lipinski definition) is 0. The number of H-pyrrole nitrogens is 1. The van der Waals surface area contributed by atoms with E-state index in [-0.39, 0.29) is 0 Å². The Morgan fingerprint density at radius 3 is 1.73 bits per heavy atom. The molecule has 0 aliphatic rings. The third-order valence-corrected chi connectivity index (χ3v) is 7.43. The topological polar surface area (TPSA) is 19.7 Å². The number of hydrogen-bond donors (Lipinski definition) is 1. The smallest absolute Gasteiger partial charge is 0.241 e. The molecule has 0 saturated carbocycles. The van der Waals surface area contributed by atoms with Crippen LogP contribution in [0.2, 0.25) is 0 Å². The van der Waals surface area contributed by atoms with Crippen LogP contribution < -0.4 is 4.57 Å². The molecule has 2 aromatic rings. The third-order valence-electron chi connectivity index (χ3n) is 7.43. The van der Waals surface area contributed by atoms with Crippen LogP contribution in [0.1, 0.15) is 135 Å². The van der Waals surface area contributed by atoms with Crippen LogP contribution in [-0.2, 0) is 6.42 Å². The molecule has 33 heavy (non-hydrogen) atoms. The molecule has 1 heterocycles. The molecule has 0 fully saturated rings. The van der Waals surface area contributed by atoms with Crippen LogP contribution in [0, 0.1) is 5.92 Å². The van der Waals surface area contributed by atoms with Gasteiger partial charge >= 0.3 is 0 Å². The normalized spacial score (nSPS) is 13.3. The van der Waals surface area contributed by atoms with Crippen molar-refractivity contribution in [1.82, 2.24) is 4.98 Å². The van der Waals surface area contributed by atoms with E-state index < -0.39 is 0 Å². The van der Waals surface area contributed by atoms with E-state index in [1.807, 2.05) is 0 Å². The lowest BCUT2D eigenvalue weighted by atomic mass is 9.86. The zero-order chi connectivity index (χ0) is 23.4. The van der Waals surface area contributed by atoms with Gasteiger partial charge in [-0.25, -0.2) is 4.57 Å². The standard InChI is InChI=1S/C31H52N2/c1-3-5-6-7-8-9-10-11-12-13-14-15-16-17-21-24-30(27-29-22-19-18-20-23-29)31(4-2)33-26-25-32-28-33/h18-20,22-23,25-26,28,30-31H,3-17,21,24,27H2,1-2H3/p+1. The molecule has 0 aliphatic carbocycles. The Bertz CT molecular complexity index is 649. The summed E-state index contributed by atoms with van der Waals surface area (Å²) in [5, 5.41) is 0. The minimum absolute atomic E-state index is 0.586. The van der Waals surface area contributed by atoms with Gasteiger partial charge in [0.05, 0.1) is 0 Å². The molecule has 2 atom stereocenters. The van der Waals surface area contributed by atoms with Crippen molar-refractivity contribution >= 4 is 0 Å². The lowest BCUT2D eigenvalue weighted by Crippen LogP contribution is -2.42. The molecule has 1 aromatic heterocycles. The molecular weight excluding hydrogens is 400 g/mol. The van der Waals surface area contributed by atoms with Crippen molar-refractivity contribution in [3.05, 3.63) is 54.6 Å². The van der Waals surface area contributed by atoms with Crippen molar-refractivity contribution in [3.8, 4) is 0 Å². The monoisotopic (exact) mass is 453 g/mol. The van der Waals surface area contributed by atoms with Gasteiger partial charge in [0.2, 0.25) is 6.33 Å². The first kappa shape index (κ1) is 27.7. The molecule has 186 valence electrons. The first-order valence-corrected chi connectivity index (χ1v) is 14.4. The van der Waals surface area contributed by atoms with E-state index in [0.29, 0.717) is 12.0 Å². The predicted octanol–water partition coefficient (Wildman–Crippen LogP) is 9.37. The Morgan fingerprint density at radius 2 is 1.24 bits per heavy atom. The first-order chi connectivity index (χ1) is 16.3. The zero-order valence-electron chi connectivity index (χ0n) is 21.9. The van der Waals surface area contributed by atoms with E-state index in [0.717, 1.165) is 0 Å². The molecule has 0 saturated heterocycles. The van der Waals surface area contributed by atoms with Gasteiger partial charge in [0.1, 0.15) is 18.4 Å². The Balaban J connectivity index is 1.56. The molecule has 1 N–H and O–H groups in total. The van der Waals surface area contributed by atoms with Crippen LogP contribution in [0.15, 0.2) is 49.1 Å². The number of aromatic nitrogens is 2. The van der Waals surface area contributed by atoms with Gasteiger partial charge in [-0.15, -0.1) is 0 Å². The van der Waals surface area contributed by atoms with E-state index in [1.54, 1.807) is 0 Å². The number of imidazole rings is 1. The summed E-state index contributed by atoms with van der Waals surface area (Å²) >= 11 is 0. The van der Waals surface area contributed by atoms with Crippen molar-refractivity contribution in [2.45, 2.75) is 135 Å². The van der Waals surface area contributed by atoms with Gasteiger partial charge in [0.15, 0.2) is 0 Å². The fourth-order valence-electron chi connectivity index (χ4n) is 5.42. The van der Waals surface area contributed by atoms with Crippen LogP contribution in [0.3, 0.4) is 0 Å². The number of nitrogens with one attached hydrogen (secondary N) is 1. The SMILES string of the molecule is CCCCCCCCCCCCCCCCCC(Cc1ccccc1)C(CC)[n+]1cc[nH]c1. The third kappa shape index (κ3) is 12.5. The van der Waals surface area contributed by atoms with Crippen molar-refractivity contribution < 1.29 is 4.57 Å². The van der Waals surface area contributed by atoms with Gasteiger partial charge in [-0.05, 0) is 24.8 Å². The minimum Gasteiger partial charge on any atom is -0.250 e. The van der Waals surface area contributed by atoms with Crippen LogP contribution in [-0.4, -0.2) is 4.98 Å². The fraction of sp³-hybridized carbons (Fsp3) is 0.710. The van der Waals surface area contributed by atoms with E-state index >= 15 is 0 Å². The Kier molecular flexibility index (Phi) is 15.8. The summed E-state index contributed by atoms with van der Waals surface area (Å²) in [6.45, 7) is 4.64. The zero-order valence-corrected chi connectivity index (χ0v) is 21.9. The highest BCUT2D eigenvalue weighted by atomic mass is 15.1. The van der Waals surface area contributed by atoms with Gasteiger partial charge in [0, 0.05) is 5.92 Å². The van der Waals surface area contributed by atoms with E-state index in [9.17, 15) is 0 Å². The number of benzene rings is 1. The summed E-state index contributed by atoms with van der Waals surface area (Å²) in [5.74, 6) is 0.708. The molecule has 1 aromatic carbocycles. The van der Waals surface area contributed by atoms with Gasteiger partial charge < -0.3 is 0 Å². The molecule has 2 unspecified atom stereocenters. The van der Waals surface area contributed by atoms with Gasteiger partial charge in [0.25, 0.3) is 0 Å². The maximum Gasteiger partial charge on any atom is 0.241 e. The Hall–Kier alpha value is -1.57. The average Bonchev–Trinajstić information content (AvgIpc) is 3.37. The molecule has 0 spiro atoms. The highest BCUT2D eigenvalue weighted by Gasteiger charge is 2.25. The quantitative estimate of drug-likeness (QED) is 0.143. The Morgan fingerprint density at radius 1 is 0.697 bits per heavy atom.